The van der Waals surface area contributed by atoms with Gasteiger partial charge in [0.2, 0.25) is 0 Å². The molecule has 0 radical (unpaired) electrons. The van der Waals surface area contributed by atoms with E-state index in [-0.39, 0.29) is 24.0 Å². The molecular weight excluding hydrogens is 481 g/mol. The second kappa shape index (κ2) is 14.3. The molecule has 1 aliphatic heterocycles. The molecule has 0 amide bonds. The van der Waals surface area contributed by atoms with Crippen molar-refractivity contribution < 1.29 is 14.2 Å². The summed E-state index contributed by atoms with van der Waals surface area (Å²) in [6.07, 6.45) is 2.05. The molecule has 2 rings (SSSR count). The van der Waals surface area contributed by atoms with Crippen molar-refractivity contribution in [1.29, 1.82) is 0 Å². The number of hydrogen-bond acceptors (Lipinski definition) is 4. The Labute approximate surface area is 184 Å². The average Bonchev–Trinajstić information content (AvgIpc) is 3.16. The van der Waals surface area contributed by atoms with E-state index in [1.807, 2.05) is 19.1 Å². The topological polar surface area (TPSA) is 64.1 Å². The Morgan fingerprint density at radius 3 is 2.93 bits per heavy atom. The normalized spacial score (nSPS) is 16.7. The van der Waals surface area contributed by atoms with Gasteiger partial charge in [-0.3, -0.25) is 0 Å². The smallest absolute Gasteiger partial charge is 0.191 e. The molecule has 1 aromatic rings. The summed E-state index contributed by atoms with van der Waals surface area (Å²) < 4.78 is 16.4. The van der Waals surface area contributed by atoms with Gasteiger partial charge in [-0.25, -0.2) is 4.99 Å². The number of methoxy groups -OCH3 is 1. The third kappa shape index (κ3) is 9.32. The zero-order valence-corrected chi connectivity index (χ0v) is 19.2. The lowest BCUT2D eigenvalue weighted by Crippen LogP contribution is -2.38. The maximum absolute atomic E-state index is 6.00. The van der Waals surface area contributed by atoms with Crippen molar-refractivity contribution in [2.75, 3.05) is 46.6 Å². The van der Waals surface area contributed by atoms with Crippen LogP contribution in [0.2, 0.25) is 5.02 Å². The third-order valence-corrected chi connectivity index (χ3v) is 4.37. The molecule has 0 spiro atoms. The first-order valence-electron chi connectivity index (χ1n) is 9.23. The number of ether oxygens (including phenoxy) is 3. The summed E-state index contributed by atoms with van der Waals surface area (Å²) in [5.74, 6) is 2.10. The Morgan fingerprint density at radius 1 is 1.37 bits per heavy atom. The fourth-order valence-electron chi connectivity index (χ4n) is 2.70. The lowest BCUT2D eigenvalue weighted by Gasteiger charge is -2.13. The van der Waals surface area contributed by atoms with Gasteiger partial charge in [-0.2, -0.15) is 0 Å². The number of hydrogen-bond donors (Lipinski definition) is 2. The first kappa shape index (κ1) is 24.3. The SMILES string of the molecule is CCNC(=NCc1ccc(Cl)cc1OC)NCCCOCC1CCOC1.I. The van der Waals surface area contributed by atoms with Crippen molar-refractivity contribution in [3.05, 3.63) is 28.8 Å². The quantitative estimate of drug-likeness (QED) is 0.218. The maximum atomic E-state index is 6.00. The molecule has 0 saturated carbocycles. The molecule has 154 valence electrons. The third-order valence-electron chi connectivity index (χ3n) is 4.14. The fourth-order valence-corrected chi connectivity index (χ4v) is 2.86. The Hall–Kier alpha value is -0.770. The molecule has 1 fully saturated rings. The van der Waals surface area contributed by atoms with Crippen molar-refractivity contribution in [2.45, 2.75) is 26.3 Å². The van der Waals surface area contributed by atoms with Gasteiger partial charge >= 0.3 is 0 Å². The maximum Gasteiger partial charge on any atom is 0.191 e. The van der Waals surface area contributed by atoms with Crippen LogP contribution in [0.5, 0.6) is 5.75 Å². The van der Waals surface area contributed by atoms with Gasteiger partial charge in [0.05, 0.1) is 26.9 Å². The Balaban J connectivity index is 0.00000364. The van der Waals surface area contributed by atoms with Crippen molar-refractivity contribution in [1.82, 2.24) is 10.6 Å². The van der Waals surface area contributed by atoms with Gasteiger partial charge < -0.3 is 24.8 Å². The highest BCUT2D eigenvalue weighted by Crippen LogP contribution is 2.23. The first-order valence-corrected chi connectivity index (χ1v) is 9.60. The lowest BCUT2D eigenvalue weighted by atomic mass is 10.1. The molecular formula is C19H31ClIN3O3. The molecule has 1 aromatic carbocycles. The largest absolute Gasteiger partial charge is 0.496 e. The van der Waals surface area contributed by atoms with Crippen LogP contribution in [0.25, 0.3) is 0 Å². The molecule has 6 nitrogen and oxygen atoms in total. The van der Waals surface area contributed by atoms with E-state index in [2.05, 4.69) is 15.6 Å². The van der Waals surface area contributed by atoms with Gasteiger partial charge in [0.25, 0.3) is 0 Å². The number of aliphatic imine (C=N–C) groups is 1. The minimum atomic E-state index is 0. The number of nitrogens with one attached hydrogen (secondary N) is 2. The Bertz CT molecular complexity index is 569. The molecule has 1 atom stereocenters. The van der Waals surface area contributed by atoms with Crippen molar-refractivity contribution in [3.63, 3.8) is 0 Å². The highest BCUT2D eigenvalue weighted by molar-refractivity contribution is 14.0. The second-order valence-electron chi connectivity index (χ2n) is 6.24. The summed E-state index contributed by atoms with van der Waals surface area (Å²) in [5, 5.41) is 7.24. The van der Waals surface area contributed by atoms with E-state index in [0.717, 1.165) is 69.6 Å². The van der Waals surface area contributed by atoms with E-state index in [0.29, 0.717) is 17.5 Å². The minimum Gasteiger partial charge on any atom is -0.496 e. The van der Waals surface area contributed by atoms with E-state index >= 15 is 0 Å². The second-order valence-corrected chi connectivity index (χ2v) is 6.67. The van der Waals surface area contributed by atoms with Crippen molar-refractivity contribution in [3.8, 4) is 5.75 Å². The van der Waals surface area contributed by atoms with Crippen LogP contribution in [0.1, 0.15) is 25.3 Å². The zero-order chi connectivity index (χ0) is 18.6. The first-order chi connectivity index (χ1) is 12.7. The Kier molecular flexibility index (Phi) is 12.8. The van der Waals surface area contributed by atoms with E-state index < -0.39 is 0 Å². The summed E-state index contributed by atoms with van der Waals surface area (Å²) >= 11 is 6.00. The molecule has 8 heteroatoms. The molecule has 0 aromatic heterocycles. The fraction of sp³-hybridized carbons (Fsp3) is 0.632. The van der Waals surface area contributed by atoms with Gasteiger partial charge in [0.15, 0.2) is 5.96 Å². The highest BCUT2D eigenvalue weighted by Gasteiger charge is 2.15. The summed E-state index contributed by atoms with van der Waals surface area (Å²) in [6.45, 7) is 7.44. The van der Waals surface area contributed by atoms with Gasteiger partial charge in [-0.15, -0.1) is 24.0 Å². The number of benzene rings is 1. The molecule has 27 heavy (non-hydrogen) atoms. The van der Waals surface area contributed by atoms with Crippen LogP contribution in [-0.2, 0) is 16.0 Å². The van der Waals surface area contributed by atoms with E-state index in [4.69, 9.17) is 25.8 Å². The standard InChI is InChI=1S/C19H30ClN3O3.HI/c1-3-21-19(22-8-4-9-25-13-15-7-10-26-14-15)23-12-16-5-6-17(20)11-18(16)24-2;/h5-6,11,15H,3-4,7-10,12-14H2,1-2H3,(H2,21,22,23);1H. The molecule has 0 bridgehead atoms. The zero-order valence-electron chi connectivity index (χ0n) is 16.1. The number of rotatable bonds is 10. The molecule has 1 heterocycles. The molecule has 2 N–H and O–H groups in total. The summed E-state index contributed by atoms with van der Waals surface area (Å²) in [7, 11) is 1.64. The Morgan fingerprint density at radius 2 is 2.22 bits per heavy atom. The molecule has 0 aliphatic carbocycles. The number of nitrogens with zero attached hydrogens (tertiary/aromatic N) is 1. The van der Waals surface area contributed by atoms with Crippen LogP contribution in [0.4, 0.5) is 0 Å². The predicted octanol–water partition coefficient (Wildman–Crippen LogP) is 3.46. The predicted molar refractivity (Wildman–Crippen MR) is 121 cm³/mol. The van der Waals surface area contributed by atoms with Gasteiger partial charge in [0, 0.05) is 42.8 Å². The highest BCUT2D eigenvalue weighted by atomic mass is 127. The summed E-state index contributed by atoms with van der Waals surface area (Å²) in [6, 6.07) is 5.59. The van der Waals surface area contributed by atoms with Gasteiger partial charge in [-0.1, -0.05) is 17.7 Å². The van der Waals surface area contributed by atoms with Crippen LogP contribution in [0.3, 0.4) is 0 Å². The van der Waals surface area contributed by atoms with Crippen molar-refractivity contribution >= 4 is 41.5 Å². The van der Waals surface area contributed by atoms with Crippen LogP contribution in [0.15, 0.2) is 23.2 Å². The van der Waals surface area contributed by atoms with E-state index in [1.54, 1.807) is 13.2 Å². The molecule has 1 aliphatic rings. The van der Waals surface area contributed by atoms with E-state index in [9.17, 15) is 0 Å². The van der Waals surface area contributed by atoms with Gasteiger partial charge in [-0.05, 0) is 31.9 Å². The summed E-state index contributed by atoms with van der Waals surface area (Å²) in [4.78, 5) is 4.62. The van der Waals surface area contributed by atoms with Gasteiger partial charge in [0.1, 0.15) is 5.75 Å². The van der Waals surface area contributed by atoms with Crippen LogP contribution in [-0.4, -0.2) is 52.6 Å². The lowest BCUT2D eigenvalue weighted by molar-refractivity contribution is 0.0888. The van der Waals surface area contributed by atoms with Crippen LogP contribution < -0.4 is 15.4 Å². The number of halogens is 2. The molecule has 1 saturated heterocycles. The number of guanidine groups is 1. The van der Waals surface area contributed by atoms with Crippen LogP contribution in [0, 0.1) is 5.92 Å². The molecule has 1 unspecified atom stereocenters. The summed E-state index contributed by atoms with van der Waals surface area (Å²) in [5.41, 5.74) is 0.996. The van der Waals surface area contributed by atoms with Crippen molar-refractivity contribution in [2.24, 2.45) is 10.9 Å². The monoisotopic (exact) mass is 511 g/mol. The average molecular weight is 512 g/mol. The van der Waals surface area contributed by atoms with E-state index in [1.165, 1.54) is 0 Å². The van der Waals surface area contributed by atoms with Crippen LogP contribution >= 0.6 is 35.6 Å². The minimum absolute atomic E-state index is 0.